The van der Waals surface area contributed by atoms with Crippen LogP contribution in [0.5, 0.6) is 5.75 Å². The maximum atomic E-state index is 13.1. The maximum absolute atomic E-state index is 13.1. The Morgan fingerprint density at radius 2 is 1.81 bits per heavy atom. The number of esters is 1. The van der Waals surface area contributed by atoms with Gasteiger partial charge in [0.25, 0.3) is 5.91 Å². The number of rotatable bonds is 7. The van der Waals surface area contributed by atoms with E-state index in [9.17, 15) is 19.5 Å². The lowest BCUT2D eigenvalue weighted by atomic mass is 10.1. The van der Waals surface area contributed by atoms with Crippen molar-refractivity contribution in [2.75, 3.05) is 19.5 Å². The van der Waals surface area contributed by atoms with Crippen molar-refractivity contribution in [2.45, 2.75) is 6.92 Å². The Bertz CT molecular complexity index is 1500. The molecular formula is C24H20N4O7S. The van der Waals surface area contributed by atoms with Crippen LogP contribution in [0.2, 0.25) is 0 Å². The number of aromatic amines is 1. The van der Waals surface area contributed by atoms with Gasteiger partial charge in [0.1, 0.15) is 16.3 Å². The van der Waals surface area contributed by atoms with Gasteiger partial charge in [0, 0.05) is 17.8 Å². The molecule has 2 N–H and O–H groups in total. The largest absolute Gasteiger partial charge is 0.854 e. The lowest BCUT2D eigenvalue weighted by Gasteiger charge is -2.05. The molecule has 0 atom stereocenters. The van der Waals surface area contributed by atoms with Crippen LogP contribution in [0, 0.1) is 6.92 Å². The van der Waals surface area contributed by atoms with Crippen LogP contribution in [0.4, 0.5) is 10.7 Å². The second-order valence-corrected chi connectivity index (χ2v) is 8.33. The van der Waals surface area contributed by atoms with E-state index in [1.165, 1.54) is 14.2 Å². The van der Waals surface area contributed by atoms with Gasteiger partial charge < -0.3 is 19.9 Å². The molecule has 4 aromatic rings. The van der Waals surface area contributed by atoms with E-state index < -0.39 is 29.1 Å². The first-order chi connectivity index (χ1) is 17.3. The SMILES string of the molecule is COC(=O)c1c(/N=C(\[O-])c2c(=O)o[nH][n+]2-c2ccc(OC)cc2)sc(C(=O)Nc2ccccc2)c1C. The van der Waals surface area contributed by atoms with Crippen molar-refractivity contribution in [3.8, 4) is 11.4 Å². The molecule has 0 fully saturated rings. The van der Waals surface area contributed by atoms with Crippen LogP contribution < -0.4 is 25.5 Å². The highest BCUT2D eigenvalue weighted by atomic mass is 32.1. The van der Waals surface area contributed by atoms with Crippen molar-refractivity contribution in [3.05, 3.63) is 86.7 Å². The number of anilines is 1. The van der Waals surface area contributed by atoms with Gasteiger partial charge in [-0.05, 0) is 46.7 Å². The molecule has 1 amide bonds. The van der Waals surface area contributed by atoms with Gasteiger partial charge in [0.15, 0.2) is 0 Å². The summed E-state index contributed by atoms with van der Waals surface area (Å²) in [5.74, 6) is -1.68. The van der Waals surface area contributed by atoms with Gasteiger partial charge in [-0.3, -0.25) is 9.32 Å². The monoisotopic (exact) mass is 508 g/mol. The Morgan fingerprint density at radius 1 is 1.11 bits per heavy atom. The number of amides is 1. The minimum Gasteiger partial charge on any atom is -0.854 e. The van der Waals surface area contributed by atoms with E-state index in [0.29, 0.717) is 17.1 Å². The third-order valence-electron chi connectivity index (χ3n) is 5.14. The molecule has 2 heterocycles. The molecule has 0 unspecified atom stereocenters. The van der Waals surface area contributed by atoms with Gasteiger partial charge >= 0.3 is 17.3 Å². The number of thiophene rings is 1. The topological polar surface area (TPSA) is 150 Å². The number of carbonyl (C=O) groups excluding carboxylic acids is 2. The van der Waals surface area contributed by atoms with E-state index in [2.05, 4.69) is 15.6 Å². The molecule has 12 heteroatoms. The van der Waals surface area contributed by atoms with Gasteiger partial charge in [0.05, 0.1) is 25.0 Å². The molecule has 0 aliphatic carbocycles. The summed E-state index contributed by atoms with van der Waals surface area (Å²) in [5.41, 5.74) is -0.207. The fraction of sp³-hybridized carbons (Fsp3) is 0.125. The number of ether oxygens (including phenoxy) is 2. The summed E-state index contributed by atoms with van der Waals surface area (Å²) in [7, 11) is 2.68. The van der Waals surface area contributed by atoms with Crippen molar-refractivity contribution < 1.29 is 33.4 Å². The molecule has 0 bridgehead atoms. The zero-order chi connectivity index (χ0) is 25.8. The molecule has 0 aliphatic heterocycles. The molecule has 2 aromatic carbocycles. The average Bonchev–Trinajstić information content (AvgIpc) is 3.43. The summed E-state index contributed by atoms with van der Waals surface area (Å²) in [4.78, 5) is 41.9. The number of para-hydroxylation sites is 1. The summed E-state index contributed by atoms with van der Waals surface area (Å²) < 4.78 is 15.9. The van der Waals surface area contributed by atoms with E-state index in [1.807, 2.05) is 0 Å². The highest BCUT2D eigenvalue weighted by molar-refractivity contribution is 7.18. The van der Waals surface area contributed by atoms with Crippen LogP contribution in [0.25, 0.3) is 5.69 Å². The first-order valence-corrected chi connectivity index (χ1v) is 11.3. The molecule has 0 saturated heterocycles. The molecule has 2 aromatic heterocycles. The minimum absolute atomic E-state index is 0.0509. The quantitative estimate of drug-likeness (QED) is 0.168. The number of nitrogens with zero attached hydrogens (tertiary/aromatic N) is 2. The van der Waals surface area contributed by atoms with Gasteiger partial charge in [-0.2, -0.15) is 0 Å². The van der Waals surface area contributed by atoms with E-state index in [4.69, 9.17) is 14.0 Å². The number of aliphatic imine (C=N–C) groups is 1. The average molecular weight is 509 g/mol. The number of hydrogen-bond donors (Lipinski definition) is 2. The van der Waals surface area contributed by atoms with Crippen molar-refractivity contribution in [2.24, 2.45) is 4.99 Å². The summed E-state index contributed by atoms with van der Waals surface area (Å²) in [5, 5.41) is 18.1. The van der Waals surface area contributed by atoms with Crippen molar-refractivity contribution in [3.63, 3.8) is 0 Å². The lowest BCUT2D eigenvalue weighted by Crippen LogP contribution is -2.44. The highest BCUT2D eigenvalue weighted by Crippen LogP contribution is 2.36. The number of H-pyrrole nitrogens is 1. The second kappa shape index (κ2) is 10.3. The molecule has 184 valence electrons. The predicted octanol–water partition coefficient (Wildman–Crippen LogP) is 2.10. The van der Waals surface area contributed by atoms with Crippen LogP contribution in [0.1, 0.15) is 31.3 Å². The third-order valence-corrected chi connectivity index (χ3v) is 6.32. The van der Waals surface area contributed by atoms with E-state index in [0.717, 1.165) is 16.0 Å². The fourth-order valence-corrected chi connectivity index (χ4v) is 4.42. The van der Waals surface area contributed by atoms with Crippen LogP contribution in [0.3, 0.4) is 0 Å². The lowest BCUT2D eigenvalue weighted by molar-refractivity contribution is -0.673. The number of nitrogens with one attached hydrogen (secondary N) is 2. The van der Waals surface area contributed by atoms with Gasteiger partial charge in [0.2, 0.25) is 5.69 Å². The predicted molar refractivity (Wildman–Crippen MR) is 128 cm³/mol. The fourth-order valence-electron chi connectivity index (χ4n) is 3.36. The molecule has 0 radical (unpaired) electrons. The van der Waals surface area contributed by atoms with Crippen LogP contribution in [-0.2, 0) is 4.74 Å². The van der Waals surface area contributed by atoms with Crippen LogP contribution in [0.15, 0.2) is 68.9 Å². The van der Waals surface area contributed by atoms with E-state index in [-0.39, 0.29) is 21.0 Å². The van der Waals surface area contributed by atoms with Crippen molar-refractivity contribution >= 4 is 39.8 Å². The first kappa shape index (κ1) is 24.4. The van der Waals surface area contributed by atoms with Crippen molar-refractivity contribution in [1.29, 1.82) is 0 Å². The number of benzene rings is 2. The molecule has 11 nitrogen and oxygen atoms in total. The van der Waals surface area contributed by atoms with E-state index >= 15 is 0 Å². The van der Waals surface area contributed by atoms with E-state index in [1.54, 1.807) is 61.5 Å². The molecule has 0 saturated carbocycles. The molecule has 0 aliphatic rings. The summed E-state index contributed by atoms with van der Waals surface area (Å²) >= 11 is 0.826. The summed E-state index contributed by atoms with van der Waals surface area (Å²) in [6, 6.07) is 15.2. The molecule has 0 spiro atoms. The Hall–Kier alpha value is -4.71. The maximum Gasteiger partial charge on any atom is 0.436 e. The standard InChI is InChI=1S/C24H20N4O7S/c1-13-17(23(31)34-3)22(36-19(13)21(30)25-14-7-5-4-6-8-14)26-20(29)18-24(32)35-27-28(18)15-9-11-16(33-2)12-10-15/h4-12H,1-3H3,(H2-,25,26,27,29,30,31,32). The summed E-state index contributed by atoms with van der Waals surface area (Å²) in [6.45, 7) is 1.55. The smallest absolute Gasteiger partial charge is 0.436 e. The number of aromatic nitrogens is 2. The minimum atomic E-state index is -0.984. The van der Waals surface area contributed by atoms with Crippen molar-refractivity contribution in [1.82, 2.24) is 5.27 Å². The Kier molecular flexibility index (Phi) is 6.97. The summed E-state index contributed by atoms with van der Waals surface area (Å²) in [6.07, 6.45) is 0. The van der Waals surface area contributed by atoms with Crippen LogP contribution >= 0.6 is 11.3 Å². The zero-order valence-electron chi connectivity index (χ0n) is 19.4. The first-order valence-electron chi connectivity index (χ1n) is 10.5. The number of methoxy groups -OCH3 is 2. The Morgan fingerprint density at radius 3 is 2.44 bits per heavy atom. The second-order valence-electron chi connectivity index (χ2n) is 7.33. The van der Waals surface area contributed by atoms with Gasteiger partial charge in [-0.25, -0.2) is 14.6 Å². The molecule has 4 rings (SSSR count). The zero-order valence-corrected chi connectivity index (χ0v) is 20.2. The van der Waals surface area contributed by atoms with Gasteiger partial charge in [-0.15, -0.1) is 11.3 Å². The molecule has 36 heavy (non-hydrogen) atoms. The highest BCUT2D eigenvalue weighted by Gasteiger charge is 2.28. The van der Waals surface area contributed by atoms with Gasteiger partial charge in [-0.1, -0.05) is 18.2 Å². The Labute approximate surface area is 208 Å². The number of hydrogen-bond acceptors (Lipinski definition) is 9. The Balaban J connectivity index is 1.77. The normalized spacial score (nSPS) is 11.2. The third kappa shape index (κ3) is 4.74. The van der Waals surface area contributed by atoms with Crippen LogP contribution in [-0.4, -0.2) is 37.3 Å². The number of carbonyl (C=O) groups is 2. The molecular weight excluding hydrogens is 488 g/mol.